The molecule has 7 heteroatoms. The van der Waals surface area contributed by atoms with Gasteiger partial charge in [-0.2, -0.15) is 0 Å². The molecule has 2 aromatic carbocycles. The van der Waals surface area contributed by atoms with Gasteiger partial charge in [0.25, 0.3) is 0 Å². The number of hydrogen-bond acceptors (Lipinski definition) is 5. The van der Waals surface area contributed by atoms with E-state index in [9.17, 15) is 14.4 Å². The van der Waals surface area contributed by atoms with Crippen LogP contribution in [0.3, 0.4) is 0 Å². The van der Waals surface area contributed by atoms with Crippen LogP contribution in [-0.2, 0) is 50.2 Å². The molecule has 1 atom stereocenters. The SMILES string of the molecule is CC(=O)N[C@](C)(CCc1ccc(/C(=C/CCc2ccc(C)c(C)c2)OC(=O)CCCc2ccc(C)c(C)c2)n1C)COC(C)=O. The van der Waals surface area contributed by atoms with E-state index >= 15 is 0 Å². The number of nitrogens with one attached hydrogen (secondary N) is 1. The molecule has 0 radical (unpaired) electrons. The fourth-order valence-electron chi connectivity index (χ4n) is 5.41. The highest BCUT2D eigenvalue weighted by Crippen LogP contribution is 2.24. The van der Waals surface area contributed by atoms with Crippen LogP contribution in [0.5, 0.6) is 0 Å². The molecular formula is C38H50N2O5. The van der Waals surface area contributed by atoms with Gasteiger partial charge in [-0.1, -0.05) is 36.4 Å². The number of carbonyl (C=O) groups excluding carboxylic acids is 3. The summed E-state index contributed by atoms with van der Waals surface area (Å²) in [6.45, 7) is 13.2. The highest BCUT2D eigenvalue weighted by molar-refractivity contribution is 5.77. The largest absolute Gasteiger partial charge is 0.463 e. The van der Waals surface area contributed by atoms with Gasteiger partial charge in [0.2, 0.25) is 5.91 Å². The predicted octanol–water partition coefficient (Wildman–Crippen LogP) is 7.19. The summed E-state index contributed by atoms with van der Waals surface area (Å²) in [6, 6.07) is 16.9. The van der Waals surface area contributed by atoms with E-state index in [1.165, 1.54) is 47.2 Å². The quantitative estimate of drug-likeness (QED) is 0.145. The maximum Gasteiger partial charge on any atom is 0.311 e. The summed E-state index contributed by atoms with van der Waals surface area (Å²) in [5, 5.41) is 2.94. The molecule has 1 aromatic heterocycles. The monoisotopic (exact) mass is 614 g/mol. The Labute approximate surface area is 269 Å². The second-order valence-electron chi connectivity index (χ2n) is 12.6. The predicted molar refractivity (Wildman–Crippen MR) is 180 cm³/mol. The van der Waals surface area contributed by atoms with Gasteiger partial charge in [-0.15, -0.1) is 0 Å². The summed E-state index contributed by atoms with van der Waals surface area (Å²) in [6.07, 6.45) is 6.59. The lowest BCUT2D eigenvalue weighted by Crippen LogP contribution is -2.49. The average molecular weight is 615 g/mol. The van der Waals surface area contributed by atoms with E-state index in [0.29, 0.717) is 31.4 Å². The van der Waals surface area contributed by atoms with Crippen LogP contribution in [0.4, 0.5) is 0 Å². The molecule has 0 saturated carbocycles. The number of amides is 1. The van der Waals surface area contributed by atoms with E-state index in [2.05, 4.69) is 69.4 Å². The third-order valence-corrected chi connectivity index (χ3v) is 8.46. The molecule has 3 rings (SSSR count). The zero-order valence-corrected chi connectivity index (χ0v) is 28.3. The van der Waals surface area contributed by atoms with Gasteiger partial charge in [0.05, 0.1) is 11.2 Å². The Morgan fingerprint density at radius 3 is 2.04 bits per heavy atom. The lowest BCUT2D eigenvalue weighted by atomic mass is 9.95. The number of ether oxygens (including phenoxy) is 2. The lowest BCUT2D eigenvalue weighted by molar-refractivity contribution is -0.144. The molecule has 45 heavy (non-hydrogen) atoms. The number of nitrogens with zero attached hydrogens (tertiary/aromatic N) is 1. The molecule has 0 aliphatic rings. The standard InChI is InChI=1S/C38H50N2O5/c1-26-15-17-32(23-28(26)3)11-9-13-36(45-37(43)14-10-12-33-18-16-27(2)29(4)24-33)35-20-19-34(40(35)8)21-22-38(7,39-30(5)41)25-44-31(6)42/h13,15-20,23-24H,9-12,14,21-22,25H2,1-8H3,(H,39,41)/b36-13-/t38-/m1/s1. The lowest BCUT2D eigenvalue weighted by Gasteiger charge is -2.30. The van der Waals surface area contributed by atoms with Gasteiger partial charge in [-0.25, -0.2) is 0 Å². The Kier molecular flexibility index (Phi) is 12.8. The average Bonchev–Trinajstić information content (AvgIpc) is 3.33. The second kappa shape index (κ2) is 16.3. The molecule has 0 fully saturated rings. The van der Waals surface area contributed by atoms with Gasteiger partial charge >= 0.3 is 11.9 Å². The highest BCUT2D eigenvalue weighted by atomic mass is 16.5. The highest BCUT2D eigenvalue weighted by Gasteiger charge is 2.27. The van der Waals surface area contributed by atoms with E-state index in [0.717, 1.165) is 30.7 Å². The van der Waals surface area contributed by atoms with Crippen LogP contribution in [0.1, 0.15) is 91.2 Å². The number of rotatable bonds is 15. The van der Waals surface area contributed by atoms with Crippen LogP contribution in [0.25, 0.3) is 5.76 Å². The molecule has 0 bridgehead atoms. The first-order chi connectivity index (χ1) is 21.3. The van der Waals surface area contributed by atoms with Crippen molar-refractivity contribution in [2.75, 3.05) is 6.61 Å². The summed E-state index contributed by atoms with van der Waals surface area (Å²) in [7, 11) is 1.96. The van der Waals surface area contributed by atoms with Crippen molar-refractivity contribution in [3.8, 4) is 0 Å². The van der Waals surface area contributed by atoms with Crippen molar-refractivity contribution < 1.29 is 23.9 Å². The van der Waals surface area contributed by atoms with Crippen LogP contribution in [0.2, 0.25) is 0 Å². The summed E-state index contributed by atoms with van der Waals surface area (Å²) in [5.41, 5.74) is 8.63. The molecule has 242 valence electrons. The molecular weight excluding hydrogens is 564 g/mol. The van der Waals surface area contributed by atoms with Gasteiger partial charge in [0.15, 0.2) is 5.76 Å². The van der Waals surface area contributed by atoms with E-state index in [4.69, 9.17) is 9.47 Å². The number of aromatic nitrogens is 1. The molecule has 7 nitrogen and oxygen atoms in total. The number of allylic oxidation sites excluding steroid dienone is 1. The first kappa shape index (κ1) is 35.4. The normalized spacial score (nSPS) is 12.8. The number of hydrogen-bond donors (Lipinski definition) is 1. The Morgan fingerprint density at radius 1 is 0.844 bits per heavy atom. The van der Waals surface area contributed by atoms with Crippen LogP contribution < -0.4 is 5.32 Å². The van der Waals surface area contributed by atoms with E-state index < -0.39 is 5.54 Å². The van der Waals surface area contributed by atoms with Crippen molar-refractivity contribution in [2.45, 2.75) is 99.0 Å². The van der Waals surface area contributed by atoms with Crippen LogP contribution in [-0.4, -0.2) is 34.6 Å². The van der Waals surface area contributed by atoms with Crippen molar-refractivity contribution in [1.29, 1.82) is 0 Å². The van der Waals surface area contributed by atoms with E-state index in [1.807, 2.05) is 36.7 Å². The Bertz CT molecular complexity index is 1530. The first-order valence-electron chi connectivity index (χ1n) is 15.9. The summed E-state index contributed by atoms with van der Waals surface area (Å²) in [5.74, 6) is -0.276. The van der Waals surface area contributed by atoms with Crippen LogP contribution in [0.15, 0.2) is 54.6 Å². The number of esters is 2. The number of carbonyl (C=O) groups is 3. The second-order valence-corrected chi connectivity index (χ2v) is 12.6. The van der Waals surface area contributed by atoms with Crippen molar-refractivity contribution in [1.82, 2.24) is 9.88 Å². The molecule has 1 amide bonds. The minimum atomic E-state index is -0.713. The number of aryl methyl sites for hydroxylation is 7. The van der Waals surface area contributed by atoms with Crippen molar-refractivity contribution in [3.05, 3.63) is 99.4 Å². The van der Waals surface area contributed by atoms with Gasteiger partial charge in [0.1, 0.15) is 6.61 Å². The maximum atomic E-state index is 13.1. The fourth-order valence-corrected chi connectivity index (χ4v) is 5.41. The first-order valence-corrected chi connectivity index (χ1v) is 15.9. The van der Waals surface area contributed by atoms with Crippen molar-refractivity contribution in [3.63, 3.8) is 0 Å². The topological polar surface area (TPSA) is 86.6 Å². The summed E-state index contributed by atoms with van der Waals surface area (Å²) < 4.78 is 13.3. The fraction of sp³-hybridized carbons (Fsp3) is 0.447. The molecule has 0 saturated heterocycles. The molecule has 3 aromatic rings. The Balaban J connectivity index is 1.75. The molecule has 0 unspecified atom stereocenters. The van der Waals surface area contributed by atoms with Crippen LogP contribution >= 0.6 is 0 Å². The minimum absolute atomic E-state index is 0.0859. The van der Waals surface area contributed by atoms with Gasteiger partial charge < -0.3 is 19.4 Å². The summed E-state index contributed by atoms with van der Waals surface area (Å²) >= 11 is 0. The zero-order chi connectivity index (χ0) is 33.1. The van der Waals surface area contributed by atoms with Crippen LogP contribution in [0, 0.1) is 27.7 Å². The Morgan fingerprint density at radius 2 is 1.47 bits per heavy atom. The van der Waals surface area contributed by atoms with E-state index in [-0.39, 0.29) is 24.5 Å². The molecule has 0 aliphatic heterocycles. The Hall–Kier alpha value is -4.13. The molecule has 0 spiro atoms. The third-order valence-electron chi connectivity index (χ3n) is 8.46. The summed E-state index contributed by atoms with van der Waals surface area (Å²) in [4.78, 5) is 36.4. The molecule has 0 aliphatic carbocycles. The van der Waals surface area contributed by atoms with Gasteiger partial charge in [-0.05, 0) is 125 Å². The molecule has 1 N–H and O–H groups in total. The van der Waals surface area contributed by atoms with Gasteiger partial charge in [0, 0.05) is 33.0 Å². The number of benzene rings is 2. The van der Waals surface area contributed by atoms with E-state index in [1.54, 1.807) is 0 Å². The van der Waals surface area contributed by atoms with Gasteiger partial charge in [-0.3, -0.25) is 14.4 Å². The minimum Gasteiger partial charge on any atom is -0.463 e. The van der Waals surface area contributed by atoms with Crippen molar-refractivity contribution >= 4 is 23.6 Å². The maximum absolute atomic E-state index is 13.1. The molecule has 1 heterocycles. The zero-order valence-electron chi connectivity index (χ0n) is 28.3. The van der Waals surface area contributed by atoms with Crippen molar-refractivity contribution in [2.24, 2.45) is 7.05 Å². The smallest absolute Gasteiger partial charge is 0.311 e. The third kappa shape index (κ3) is 11.1.